The number of aromatic nitrogens is 4. The number of nitrogens with two attached hydrogens (primary N) is 1. The van der Waals surface area contributed by atoms with Crippen molar-refractivity contribution in [3.05, 3.63) is 6.33 Å². The summed E-state index contributed by atoms with van der Waals surface area (Å²) in [5.41, 5.74) is 3.12. The van der Waals surface area contributed by atoms with Crippen molar-refractivity contribution in [3.8, 4) is 5.88 Å². The van der Waals surface area contributed by atoms with Crippen LogP contribution < -0.4 is 15.6 Å². The molecule has 0 amide bonds. The quantitative estimate of drug-likeness (QED) is 0.261. The minimum Gasteiger partial charge on any atom is -0.476 e. The molecule has 1 unspecified atom stereocenters. The largest absolute Gasteiger partial charge is 0.614 e. The number of esters is 1. The molecule has 0 radical (unpaired) electrons. The molecular formula is C21H32F2N6O7P+. The van der Waals surface area contributed by atoms with Crippen molar-refractivity contribution in [2.45, 2.75) is 83.5 Å². The third-order valence-electron chi connectivity index (χ3n) is 5.90. The Bertz CT molecular complexity index is 1130. The van der Waals surface area contributed by atoms with Crippen molar-refractivity contribution in [1.82, 2.24) is 24.6 Å². The Hall–Kier alpha value is -2.58. The molecular weight excluding hydrogens is 517 g/mol. The van der Waals surface area contributed by atoms with Crippen LogP contribution in [0.1, 0.15) is 53.7 Å². The molecule has 4 N–H and O–H groups in total. The monoisotopic (exact) mass is 549 g/mol. The predicted octanol–water partition coefficient (Wildman–Crippen LogP) is 2.47. The maximum Gasteiger partial charge on any atom is 0.614 e. The molecule has 0 bridgehead atoms. The smallest absolute Gasteiger partial charge is 0.476 e. The van der Waals surface area contributed by atoms with Gasteiger partial charge in [0.15, 0.2) is 35.8 Å². The van der Waals surface area contributed by atoms with E-state index in [-0.39, 0.29) is 35.7 Å². The molecule has 1 fully saturated rings. The summed E-state index contributed by atoms with van der Waals surface area (Å²) >= 11 is 0. The number of fused-ring (bicyclic) bond motifs is 1. The number of halogens is 2. The van der Waals surface area contributed by atoms with Crippen LogP contribution in [0.2, 0.25) is 0 Å². The van der Waals surface area contributed by atoms with Crippen LogP contribution in [0.3, 0.4) is 0 Å². The molecule has 0 aromatic carbocycles. The van der Waals surface area contributed by atoms with Crippen LogP contribution in [-0.2, 0) is 23.4 Å². The first-order valence-electron chi connectivity index (χ1n) is 11.8. The standard InChI is InChI=1S/C21H32F2N6O7P/c1-6-12(7-2)35-16(30)11(4)28-37(32)34-9-21(23)17(31)20(5,22)18(36-21)29-10-25-13-14(29)26-19(24)27-15(13)33-8-3/h10-12,17-18,31H,6-9H2,1-5H3,(H,28,32)(H2,24,26,27)/q+1/t11-,17-,18+,20+,21+/m0/s1. The molecule has 3 heterocycles. The number of carbonyl (C=O) groups excluding carboxylic acids is 1. The number of rotatable bonds is 12. The summed E-state index contributed by atoms with van der Waals surface area (Å²) in [5, 5.41) is 12.8. The number of hydrogen-bond acceptors (Lipinski definition) is 11. The van der Waals surface area contributed by atoms with Gasteiger partial charge in [-0.15, -0.1) is 4.52 Å². The van der Waals surface area contributed by atoms with Crippen LogP contribution in [0.25, 0.3) is 11.2 Å². The second-order valence-electron chi connectivity index (χ2n) is 8.71. The second kappa shape index (κ2) is 11.4. The highest BCUT2D eigenvalue weighted by Crippen LogP contribution is 2.49. The summed E-state index contributed by atoms with van der Waals surface area (Å²) in [7, 11) is -2.81. The third kappa shape index (κ3) is 5.96. The van der Waals surface area contributed by atoms with Crippen molar-refractivity contribution in [3.63, 3.8) is 0 Å². The molecule has 2 aromatic rings. The molecule has 6 atom stereocenters. The van der Waals surface area contributed by atoms with E-state index in [1.165, 1.54) is 6.92 Å². The van der Waals surface area contributed by atoms with Gasteiger partial charge in [-0.1, -0.05) is 18.9 Å². The van der Waals surface area contributed by atoms with Gasteiger partial charge in [-0.25, -0.2) is 13.8 Å². The van der Waals surface area contributed by atoms with Gasteiger partial charge < -0.3 is 25.1 Å². The van der Waals surface area contributed by atoms with E-state index in [2.05, 4.69) is 20.0 Å². The van der Waals surface area contributed by atoms with Crippen molar-refractivity contribution < 1.29 is 42.0 Å². The number of aliphatic hydroxyl groups is 1. The van der Waals surface area contributed by atoms with Gasteiger partial charge in [-0.3, -0.25) is 9.36 Å². The van der Waals surface area contributed by atoms with Crippen molar-refractivity contribution >= 4 is 31.3 Å². The number of nitrogens with one attached hydrogen (secondary N) is 1. The lowest BCUT2D eigenvalue weighted by atomic mass is 9.97. The molecule has 37 heavy (non-hydrogen) atoms. The molecule has 16 heteroatoms. The Morgan fingerprint density at radius 1 is 1.35 bits per heavy atom. The molecule has 1 aliphatic rings. The lowest BCUT2D eigenvalue weighted by Crippen LogP contribution is -2.46. The van der Waals surface area contributed by atoms with Gasteiger partial charge in [-0.05, 0) is 38.2 Å². The van der Waals surface area contributed by atoms with Gasteiger partial charge in [0.1, 0.15) is 12.1 Å². The number of carbonyl (C=O) groups is 1. The average Bonchev–Trinajstić information content (AvgIpc) is 3.34. The van der Waals surface area contributed by atoms with E-state index in [0.29, 0.717) is 12.8 Å². The first-order valence-corrected chi connectivity index (χ1v) is 13.0. The van der Waals surface area contributed by atoms with Gasteiger partial charge in [0.2, 0.25) is 11.8 Å². The minimum atomic E-state index is -3.11. The van der Waals surface area contributed by atoms with Gasteiger partial charge in [0, 0.05) is 0 Å². The highest BCUT2D eigenvalue weighted by Gasteiger charge is 2.65. The van der Waals surface area contributed by atoms with Gasteiger partial charge >= 0.3 is 14.1 Å². The number of anilines is 1. The maximum absolute atomic E-state index is 15.7. The molecule has 2 aromatic heterocycles. The molecule has 13 nitrogen and oxygen atoms in total. The summed E-state index contributed by atoms with van der Waals surface area (Å²) in [5.74, 6) is -3.94. The van der Waals surface area contributed by atoms with E-state index in [1.807, 2.05) is 13.8 Å². The van der Waals surface area contributed by atoms with Gasteiger partial charge in [-0.2, -0.15) is 9.97 Å². The SMILES string of the molecule is CCOc1nc(N)nc2c1ncn2[C@@H]1O[C@](F)(CO[P+](=O)N[C@@H](C)C(=O)OC(CC)CC)[C@@H](O)[C@@]1(C)F. The Morgan fingerprint density at radius 2 is 2.03 bits per heavy atom. The van der Waals surface area contributed by atoms with E-state index in [4.69, 9.17) is 24.5 Å². The van der Waals surface area contributed by atoms with Gasteiger partial charge in [0.25, 0.3) is 5.85 Å². The average molecular weight is 549 g/mol. The topological polar surface area (TPSA) is 173 Å². The molecule has 3 rings (SSSR count). The third-order valence-corrected chi connectivity index (χ3v) is 6.86. The summed E-state index contributed by atoms with van der Waals surface area (Å²) in [6.07, 6.45) is -2.07. The van der Waals surface area contributed by atoms with E-state index in [1.54, 1.807) is 6.92 Å². The predicted molar refractivity (Wildman–Crippen MR) is 127 cm³/mol. The maximum atomic E-state index is 15.7. The molecule has 1 saturated heterocycles. The molecule has 0 saturated carbocycles. The normalized spacial score (nSPS) is 27.0. The second-order valence-corrected chi connectivity index (χ2v) is 9.74. The fourth-order valence-corrected chi connectivity index (χ4v) is 4.58. The summed E-state index contributed by atoms with van der Waals surface area (Å²) in [6.45, 7) is 6.88. The lowest BCUT2D eigenvalue weighted by Gasteiger charge is -2.24. The molecule has 206 valence electrons. The van der Waals surface area contributed by atoms with Gasteiger partial charge in [0.05, 0.1) is 12.9 Å². The Balaban J connectivity index is 1.73. The number of aliphatic hydroxyl groups excluding tert-OH is 1. The first kappa shape index (κ1) is 29.0. The Labute approximate surface area is 213 Å². The summed E-state index contributed by atoms with van der Waals surface area (Å²) in [6, 6.07) is -1.03. The van der Waals surface area contributed by atoms with Crippen molar-refractivity contribution in [2.75, 3.05) is 18.9 Å². The van der Waals surface area contributed by atoms with Crippen LogP contribution >= 0.6 is 8.18 Å². The van der Waals surface area contributed by atoms with E-state index in [9.17, 15) is 14.5 Å². The molecule has 0 aliphatic carbocycles. The fourth-order valence-electron chi connectivity index (χ4n) is 3.80. The first-order chi connectivity index (χ1) is 17.4. The van der Waals surface area contributed by atoms with E-state index >= 15 is 8.78 Å². The molecule has 1 aliphatic heterocycles. The fraction of sp³-hybridized carbons (Fsp3) is 0.714. The van der Waals surface area contributed by atoms with E-state index < -0.39 is 50.7 Å². The number of nitrogen functional groups attached to an aromatic ring is 1. The summed E-state index contributed by atoms with van der Waals surface area (Å²) in [4.78, 5) is 24.2. The minimum absolute atomic E-state index is 0.0141. The van der Waals surface area contributed by atoms with E-state index in [0.717, 1.165) is 17.8 Å². The number of nitrogens with zero attached hydrogens (tertiary/aromatic N) is 4. The number of hydrogen-bond donors (Lipinski definition) is 3. The Kier molecular flexibility index (Phi) is 8.96. The van der Waals surface area contributed by atoms with Crippen molar-refractivity contribution in [1.29, 1.82) is 0 Å². The number of alkyl halides is 2. The highest BCUT2D eigenvalue weighted by molar-refractivity contribution is 7.36. The van der Waals surface area contributed by atoms with Crippen LogP contribution in [-0.4, -0.2) is 73.6 Å². The molecule has 0 spiro atoms. The zero-order chi connectivity index (χ0) is 27.5. The van der Waals surface area contributed by atoms with Crippen LogP contribution in [0.4, 0.5) is 14.7 Å². The van der Waals surface area contributed by atoms with Crippen LogP contribution in [0.5, 0.6) is 5.88 Å². The number of ether oxygens (including phenoxy) is 3. The van der Waals surface area contributed by atoms with Crippen LogP contribution in [0.15, 0.2) is 6.33 Å². The van der Waals surface area contributed by atoms with Crippen LogP contribution in [0, 0.1) is 0 Å². The number of imidazole rings is 1. The zero-order valence-electron chi connectivity index (χ0n) is 21.2. The Morgan fingerprint density at radius 3 is 2.65 bits per heavy atom. The highest BCUT2D eigenvalue weighted by atomic mass is 31.1. The zero-order valence-corrected chi connectivity index (χ0v) is 22.1. The lowest BCUT2D eigenvalue weighted by molar-refractivity contribution is -0.201. The summed E-state index contributed by atoms with van der Waals surface area (Å²) < 4.78 is 65.6. The van der Waals surface area contributed by atoms with Crippen molar-refractivity contribution in [2.24, 2.45) is 0 Å².